The first-order valence-corrected chi connectivity index (χ1v) is 10.1. The molecule has 1 atom stereocenters. The van der Waals surface area contributed by atoms with Crippen LogP contribution in [0.15, 0.2) is 61.1 Å². The Kier molecular flexibility index (Phi) is 5.79. The molecule has 0 bridgehead atoms. The molecule has 8 heteroatoms. The molecule has 0 radical (unpaired) electrons. The van der Waals surface area contributed by atoms with Gasteiger partial charge in [-0.1, -0.05) is 32.0 Å². The Labute approximate surface area is 178 Å². The van der Waals surface area contributed by atoms with E-state index in [1.807, 2.05) is 56.4 Å². The van der Waals surface area contributed by atoms with Crippen LogP contribution in [0.1, 0.15) is 25.6 Å². The van der Waals surface area contributed by atoms with Crippen molar-refractivity contribution in [2.75, 3.05) is 6.54 Å². The van der Waals surface area contributed by atoms with Gasteiger partial charge in [-0.3, -0.25) is 4.79 Å². The number of hydrogen-bond donors (Lipinski definition) is 1. The van der Waals surface area contributed by atoms with Crippen LogP contribution in [0, 0.1) is 17.6 Å². The average Bonchev–Trinajstić information content (AvgIpc) is 3.37. The van der Waals surface area contributed by atoms with Gasteiger partial charge in [0.15, 0.2) is 11.6 Å². The molecular formula is C23H23F2N5O. The second kappa shape index (κ2) is 8.67. The van der Waals surface area contributed by atoms with Crippen LogP contribution in [0.25, 0.3) is 16.7 Å². The van der Waals surface area contributed by atoms with E-state index in [2.05, 4.69) is 15.4 Å². The summed E-state index contributed by atoms with van der Waals surface area (Å²) < 4.78 is 30.7. The third-order valence-electron chi connectivity index (χ3n) is 5.16. The van der Waals surface area contributed by atoms with E-state index in [0.29, 0.717) is 24.0 Å². The fourth-order valence-corrected chi connectivity index (χ4v) is 3.63. The van der Waals surface area contributed by atoms with Crippen LogP contribution in [0.4, 0.5) is 8.78 Å². The number of amides is 1. The first kappa shape index (κ1) is 20.7. The van der Waals surface area contributed by atoms with Crippen molar-refractivity contribution in [3.05, 3.63) is 78.4 Å². The van der Waals surface area contributed by atoms with Gasteiger partial charge in [-0.05, 0) is 24.1 Å². The van der Waals surface area contributed by atoms with Crippen LogP contribution in [0.3, 0.4) is 0 Å². The van der Waals surface area contributed by atoms with Gasteiger partial charge < -0.3 is 9.88 Å². The highest BCUT2D eigenvalue weighted by Crippen LogP contribution is 2.25. The summed E-state index contributed by atoms with van der Waals surface area (Å²) in [6.07, 6.45) is 3.91. The predicted octanol–water partition coefficient (Wildman–Crippen LogP) is 4.06. The van der Waals surface area contributed by atoms with Crippen molar-refractivity contribution in [1.82, 2.24) is 24.6 Å². The monoisotopic (exact) mass is 423 g/mol. The first-order chi connectivity index (χ1) is 14.9. The molecule has 4 aromatic rings. The molecule has 1 N–H and O–H groups in total. The summed E-state index contributed by atoms with van der Waals surface area (Å²) in [6.45, 7) is 4.21. The fourth-order valence-electron chi connectivity index (χ4n) is 3.63. The van der Waals surface area contributed by atoms with E-state index >= 15 is 0 Å². The second-order valence-corrected chi connectivity index (χ2v) is 7.72. The Bertz CT molecular complexity index is 1200. The van der Waals surface area contributed by atoms with E-state index in [1.165, 1.54) is 6.33 Å². The summed E-state index contributed by atoms with van der Waals surface area (Å²) in [5, 5.41) is 7.48. The zero-order chi connectivity index (χ0) is 22.0. The predicted molar refractivity (Wildman–Crippen MR) is 114 cm³/mol. The SMILES string of the molecule is CC(C)C(C(=O)NCCc1ccn(-c2ccccc2)n1)n1cnc2cc(F)c(F)cc21. The molecule has 1 amide bonds. The Morgan fingerprint density at radius 2 is 1.84 bits per heavy atom. The van der Waals surface area contributed by atoms with Gasteiger partial charge in [0.25, 0.3) is 0 Å². The largest absolute Gasteiger partial charge is 0.354 e. The van der Waals surface area contributed by atoms with Gasteiger partial charge in [-0.25, -0.2) is 18.4 Å². The molecule has 160 valence electrons. The molecule has 0 spiro atoms. The fraction of sp³-hybridized carbons (Fsp3) is 0.261. The van der Waals surface area contributed by atoms with Gasteiger partial charge in [0.1, 0.15) is 6.04 Å². The zero-order valence-electron chi connectivity index (χ0n) is 17.3. The molecule has 1 unspecified atom stereocenters. The molecule has 0 saturated carbocycles. The van der Waals surface area contributed by atoms with E-state index in [0.717, 1.165) is 23.5 Å². The molecule has 0 aliphatic carbocycles. The number of fused-ring (bicyclic) bond motifs is 1. The lowest BCUT2D eigenvalue weighted by atomic mass is 10.0. The molecule has 0 saturated heterocycles. The highest BCUT2D eigenvalue weighted by Gasteiger charge is 2.26. The van der Waals surface area contributed by atoms with Gasteiger partial charge >= 0.3 is 0 Å². The Morgan fingerprint density at radius 3 is 2.58 bits per heavy atom. The maximum atomic E-state index is 13.8. The molecule has 2 aromatic heterocycles. The number of benzene rings is 2. The van der Waals surface area contributed by atoms with E-state index in [-0.39, 0.29) is 11.8 Å². The third-order valence-corrected chi connectivity index (χ3v) is 5.16. The number of para-hydroxylation sites is 1. The molecule has 4 rings (SSSR count). The van der Waals surface area contributed by atoms with E-state index < -0.39 is 17.7 Å². The van der Waals surface area contributed by atoms with Crippen molar-refractivity contribution in [2.24, 2.45) is 5.92 Å². The molecule has 6 nitrogen and oxygen atoms in total. The second-order valence-electron chi connectivity index (χ2n) is 7.72. The summed E-state index contributed by atoms with van der Waals surface area (Å²) in [5.74, 6) is -2.21. The Hall–Kier alpha value is -3.55. The number of nitrogens with one attached hydrogen (secondary N) is 1. The molecular weight excluding hydrogens is 400 g/mol. The molecule has 0 aliphatic rings. The minimum Gasteiger partial charge on any atom is -0.354 e. The summed E-state index contributed by atoms with van der Waals surface area (Å²) in [6, 6.07) is 13.2. The number of halogens is 2. The van der Waals surface area contributed by atoms with Crippen LogP contribution in [-0.2, 0) is 11.2 Å². The molecule has 2 heterocycles. The number of hydrogen-bond acceptors (Lipinski definition) is 3. The number of aromatic nitrogens is 4. The summed E-state index contributed by atoms with van der Waals surface area (Å²) in [5.41, 5.74) is 2.52. The van der Waals surface area contributed by atoms with Gasteiger partial charge in [0.2, 0.25) is 5.91 Å². The lowest BCUT2D eigenvalue weighted by Gasteiger charge is -2.22. The lowest BCUT2D eigenvalue weighted by molar-refractivity contribution is -0.125. The van der Waals surface area contributed by atoms with E-state index in [4.69, 9.17) is 0 Å². The van der Waals surface area contributed by atoms with Gasteiger partial charge in [-0.15, -0.1) is 0 Å². The Morgan fingerprint density at radius 1 is 1.10 bits per heavy atom. The van der Waals surface area contributed by atoms with Crippen LogP contribution >= 0.6 is 0 Å². The minimum atomic E-state index is -0.967. The maximum Gasteiger partial charge on any atom is 0.243 e. The standard InChI is InChI=1S/C23H23F2N5O/c1-15(2)22(29-14-27-20-12-18(24)19(25)13-21(20)29)23(31)26-10-8-16-9-11-30(28-16)17-6-4-3-5-7-17/h3-7,9,11-15,22H,8,10H2,1-2H3,(H,26,31). The normalized spacial score (nSPS) is 12.4. The summed E-state index contributed by atoms with van der Waals surface area (Å²) in [4.78, 5) is 17.1. The summed E-state index contributed by atoms with van der Waals surface area (Å²) >= 11 is 0. The van der Waals surface area contributed by atoms with Crippen molar-refractivity contribution in [3.8, 4) is 5.69 Å². The van der Waals surface area contributed by atoms with E-state index in [1.54, 1.807) is 9.25 Å². The zero-order valence-corrected chi connectivity index (χ0v) is 17.3. The molecule has 0 fully saturated rings. The van der Waals surface area contributed by atoms with Crippen molar-refractivity contribution in [2.45, 2.75) is 26.3 Å². The smallest absolute Gasteiger partial charge is 0.243 e. The third kappa shape index (κ3) is 4.33. The lowest BCUT2D eigenvalue weighted by Crippen LogP contribution is -2.36. The first-order valence-electron chi connectivity index (χ1n) is 10.1. The van der Waals surface area contributed by atoms with Crippen LogP contribution < -0.4 is 5.32 Å². The number of imidazole rings is 1. The maximum absolute atomic E-state index is 13.8. The van der Waals surface area contributed by atoms with Gasteiger partial charge in [0.05, 0.1) is 28.7 Å². The van der Waals surface area contributed by atoms with Gasteiger partial charge in [-0.2, -0.15) is 5.10 Å². The van der Waals surface area contributed by atoms with Crippen LogP contribution in [-0.4, -0.2) is 31.8 Å². The minimum absolute atomic E-state index is 0.0807. The topological polar surface area (TPSA) is 64.7 Å². The average molecular weight is 423 g/mol. The number of rotatable bonds is 7. The van der Waals surface area contributed by atoms with Crippen molar-refractivity contribution >= 4 is 16.9 Å². The number of carbonyl (C=O) groups is 1. The summed E-state index contributed by atoms with van der Waals surface area (Å²) in [7, 11) is 0. The van der Waals surface area contributed by atoms with Gasteiger partial charge in [0, 0.05) is 31.3 Å². The van der Waals surface area contributed by atoms with E-state index in [9.17, 15) is 13.6 Å². The Balaban J connectivity index is 1.44. The van der Waals surface area contributed by atoms with Crippen molar-refractivity contribution in [1.29, 1.82) is 0 Å². The molecule has 2 aromatic carbocycles. The highest BCUT2D eigenvalue weighted by molar-refractivity contribution is 5.84. The number of nitrogens with zero attached hydrogens (tertiary/aromatic N) is 4. The quantitative estimate of drug-likeness (QED) is 0.488. The van der Waals surface area contributed by atoms with Crippen molar-refractivity contribution in [3.63, 3.8) is 0 Å². The van der Waals surface area contributed by atoms with Crippen LogP contribution in [0.2, 0.25) is 0 Å². The van der Waals surface area contributed by atoms with Crippen molar-refractivity contribution < 1.29 is 13.6 Å². The highest BCUT2D eigenvalue weighted by atomic mass is 19.2. The molecule has 0 aliphatic heterocycles. The molecule has 31 heavy (non-hydrogen) atoms. The van der Waals surface area contributed by atoms with Crippen LogP contribution in [0.5, 0.6) is 0 Å². The number of carbonyl (C=O) groups excluding carboxylic acids is 1.